The molecule has 0 unspecified atom stereocenters. The van der Waals surface area contributed by atoms with E-state index in [9.17, 15) is 13.2 Å². The maximum atomic E-state index is 12.4. The molecule has 17 heavy (non-hydrogen) atoms. The summed E-state index contributed by atoms with van der Waals surface area (Å²) in [6.07, 6.45) is 0.591. The lowest BCUT2D eigenvalue weighted by Crippen LogP contribution is -2.38. The number of alkyl halides is 3. The maximum absolute atomic E-state index is 12.4. The van der Waals surface area contributed by atoms with Crippen molar-refractivity contribution in [3.8, 4) is 0 Å². The number of benzene rings is 1. The lowest BCUT2D eigenvalue weighted by Gasteiger charge is -2.23. The molecular formula is C13H16F3N. The molecule has 1 aromatic rings. The third-order valence-electron chi connectivity index (χ3n) is 3.44. The highest BCUT2D eigenvalue weighted by Gasteiger charge is 2.31. The van der Waals surface area contributed by atoms with Crippen molar-refractivity contribution in [2.24, 2.45) is 5.73 Å². The zero-order valence-electron chi connectivity index (χ0n) is 9.56. The average Bonchev–Trinajstić information content (AvgIpc) is 2.64. The Kier molecular flexibility index (Phi) is 3.17. The Morgan fingerprint density at radius 2 is 1.59 bits per heavy atom. The molecule has 94 valence electrons. The molecule has 1 saturated carbocycles. The van der Waals surface area contributed by atoms with E-state index in [1.807, 2.05) is 0 Å². The first-order valence-corrected chi connectivity index (χ1v) is 5.84. The van der Waals surface area contributed by atoms with Gasteiger partial charge in [0.25, 0.3) is 0 Å². The van der Waals surface area contributed by atoms with Gasteiger partial charge in [-0.25, -0.2) is 0 Å². The Balaban J connectivity index is 2.08. The average molecular weight is 243 g/mol. The Bertz CT molecular complexity index is 375. The number of halogens is 3. The van der Waals surface area contributed by atoms with Crippen molar-refractivity contribution in [2.75, 3.05) is 0 Å². The van der Waals surface area contributed by atoms with Gasteiger partial charge in [-0.2, -0.15) is 13.2 Å². The quantitative estimate of drug-likeness (QED) is 0.845. The van der Waals surface area contributed by atoms with E-state index in [0.717, 1.165) is 43.4 Å². The number of hydrogen-bond acceptors (Lipinski definition) is 1. The highest BCUT2D eigenvalue weighted by atomic mass is 19.4. The summed E-state index contributed by atoms with van der Waals surface area (Å²) in [6.45, 7) is 0. The molecule has 1 aliphatic rings. The fraction of sp³-hybridized carbons (Fsp3) is 0.538. The summed E-state index contributed by atoms with van der Waals surface area (Å²) >= 11 is 0. The largest absolute Gasteiger partial charge is 0.416 e. The van der Waals surface area contributed by atoms with Gasteiger partial charge >= 0.3 is 6.18 Å². The van der Waals surface area contributed by atoms with Crippen LogP contribution >= 0.6 is 0 Å². The molecule has 0 saturated heterocycles. The van der Waals surface area contributed by atoms with Gasteiger partial charge in [-0.05, 0) is 37.0 Å². The van der Waals surface area contributed by atoms with Gasteiger partial charge in [-0.15, -0.1) is 0 Å². The Hall–Kier alpha value is -1.03. The topological polar surface area (TPSA) is 26.0 Å². The van der Waals surface area contributed by atoms with Gasteiger partial charge in [0.15, 0.2) is 0 Å². The van der Waals surface area contributed by atoms with Crippen LogP contribution < -0.4 is 5.73 Å². The van der Waals surface area contributed by atoms with Crippen LogP contribution in [0.1, 0.15) is 36.8 Å². The summed E-state index contributed by atoms with van der Waals surface area (Å²) in [4.78, 5) is 0. The molecule has 2 N–H and O–H groups in total. The third-order valence-corrected chi connectivity index (χ3v) is 3.44. The zero-order valence-corrected chi connectivity index (χ0v) is 9.56. The molecule has 1 aromatic carbocycles. The van der Waals surface area contributed by atoms with Crippen LogP contribution in [0, 0.1) is 0 Å². The van der Waals surface area contributed by atoms with Crippen LogP contribution in [-0.2, 0) is 12.6 Å². The van der Waals surface area contributed by atoms with E-state index in [1.165, 1.54) is 12.1 Å². The van der Waals surface area contributed by atoms with E-state index >= 15 is 0 Å². The first kappa shape index (κ1) is 12.4. The Morgan fingerprint density at radius 3 is 2.06 bits per heavy atom. The monoisotopic (exact) mass is 243 g/mol. The van der Waals surface area contributed by atoms with Gasteiger partial charge in [0.2, 0.25) is 0 Å². The van der Waals surface area contributed by atoms with Crippen molar-refractivity contribution in [3.63, 3.8) is 0 Å². The summed E-state index contributed by atoms with van der Waals surface area (Å²) in [6, 6.07) is 5.34. The van der Waals surface area contributed by atoms with E-state index < -0.39 is 11.7 Å². The fourth-order valence-electron chi connectivity index (χ4n) is 2.47. The van der Waals surface area contributed by atoms with Crippen molar-refractivity contribution in [2.45, 2.75) is 43.8 Å². The highest BCUT2D eigenvalue weighted by Crippen LogP contribution is 2.32. The van der Waals surface area contributed by atoms with Crippen LogP contribution in [-0.4, -0.2) is 5.54 Å². The Labute approximate surface area is 98.8 Å². The summed E-state index contributed by atoms with van der Waals surface area (Å²) in [7, 11) is 0. The predicted molar refractivity (Wildman–Crippen MR) is 60.5 cm³/mol. The van der Waals surface area contributed by atoms with E-state index in [4.69, 9.17) is 5.73 Å². The molecule has 1 fully saturated rings. The lowest BCUT2D eigenvalue weighted by molar-refractivity contribution is -0.137. The van der Waals surface area contributed by atoms with Gasteiger partial charge in [0.05, 0.1) is 5.56 Å². The van der Waals surface area contributed by atoms with Gasteiger partial charge in [-0.1, -0.05) is 25.0 Å². The second kappa shape index (κ2) is 4.33. The fourth-order valence-corrected chi connectivity index (χ4v) is 2.47. The van der Waals surface area contributed by atoms with E-state index in [0.29, 0.717) is 6.42 Å². The SMILES string of the molecule is NC1(Cc2ccc(C(F)(F)F)cc2)CCCC1. The summed E-state index contributed by atoms with van der Waals surface area (Å²) in [5, 5.41) is 0. The lowest BCUT2D eigenvalue weighted by atomic mass is 9.90. The van der Waals surface area contributed by atoms with Gasteiger partial charge in [-0.3, -0.25) is 0 Å². The van der Waals surface area contributed by atoms with Crippen molar-refractivity contribution in [1.82, 2.24) is 0 Å². The second-order valence-corrected chi connectivity index (χ2v) is 4.94. The van der Waals surface area contributed by atoms with Crippen LogP contribution in [0.4, 0.5) is 13.2 Å². The first-order chi connectivity index (χ1) is 7.89. The van der Waals surface area contributed by atoms with E-state index in [-0.39, 0.29) is 5.54 Å². The normalized spacial score (nSPS) is 19.5. The minimum atomic E-state index is -4.26. The molecule has 1 nitrogen and oxygen atoms in total. The molecule has 0 aliphatic heterocycles. The number of nitrogens with two attached hydrogens (primary N) is 1. The summed E-state index contributed by atoms with van der Waals surface area (Å²) in [5.41, 5.74) is 6.28. The zero-order chi connectivity index (χ0) is 12.5. The first-order valence-electron chi connectivity index (χ1n) is 5.84. The van der Waals surface area contributed by atoms with E-state index in [2.05, 4.69) is 0 Å². The molecule has 0 heterocycles. The highest BCUT2D eigenvalue weighted by molar-refractivity contribution is 5.26. The molecule has 4 heteroatoms. The molecular weight excluding hydrogens is 227 g/mol. The number of rotatable bonds is 2. The maximum Gasteiger partial charge on any atom is 0.416 e. The van der Waals surface area contributed by atoms with Crippen molar-refractivity contribution in [1.29, 1.82) is 0 Å². The standard InChI is InChI=1S/C13H16F3N/c14-13(15,16)11-5-3-10(4-6-11)9-12(17)7-1-2-8-12/h3-6H,1-2,7-9,17H2. The van der Waals surface area contributed by atoms with Crippen LogP contribution in [0.2, 0.25) is 0 Å². The number of hydrogen-bond donors (Lipinski definition) is 1. The molecule has 2 rings (SSSR count). The minimum Gasteiger partial charge on any atom is -0.325 e. The van der Waals surface area contributed by atoms with Crippen molar-refractivity contribution < 1.29 is 13.2 Å². The van der Waals surface area contributed by atoms with Gasteiger partial charge < -0.3 is 5.73 Å². The molecule has 0 spiro atoms. The Morgan fingerprint density at radius 1 is 1.06 bits per heavy atom. The molecule has 0 amide bonds. The smallest absolute Gasteiger partial charge is 0.325 e. The van der Waals surface area contributed by atoms with Crippen LogP contribution in [0.5, 0.6) is 0 Å². The summed E-state index contributed by atoms with van der Waals surface area (Å²) in [5.74, 6) is 0. The van der Waals surface area contributed by atoms with E-state index in [1.54, 1.807) is 0 Å². The molecule has 0 radical (unpaired) electrons. The predicted octanol–water partition coefficient (Wildman–Crippen LogP) is 3.52. The molecule has 1 aliphatic carbocycles. The summed E-state index contributed by atoms with van der Waals surface area (Å²) < 4.78 is 37.1. The minimum absolute atomic E-state index is 0.209. The molecule has 0 atom stereocenters. The van der Waals surface area contributed by atoms with Gasteiger partial charge in [0.1, 0.15) is 0 Å². The van der Waals surface area contributed by atoms with Crippen molar-refractivity contribution in [3.05, 3.63) is 35.4 Å². The van der Waals surface area contributed by atoms with Gasteiger partial charge in [0, 0.05) is 5.54 Å². The van der Waals surface area contributed by atoms with Crippen molar-refractivity contribution >= 4 is 0 Å². The second-order valence-electron chi connectivity index (χ2n) is 4.94. The molecule has 0 aromatic heterocycles. The van der Waals surface area contributed by atoms with Crippen LogP contribution in [0.25, 0.3) is 0 Å². The van der Waals surface area contributed by atoms with Crippen LogP contribution in [0.15, 0.2) is 24.3 Å². The van der Waals surface area contributed by atoms with Crippen LogP contribution in [0.3, 0.4) is 0 Å². The third kappa shape index (κ3) is 3.00. The molecule has 0 bridgehead atoms.